The molecule has 7 heteroatoms. The van der Waals surface area contributed by atoms with E-state index in [2.05, 4.69) is 20.8 Å². The number of rotatable bonds is 4. The van der Waals surface area contributed by atoms with Crippen molar-refractivity contribution in [3.8, 4) is 11.5 Å². The van der Waals surface area contributed by atoms with E-state index in [-0.39, 0.29) is 29.9 Å². The molecule has 0 aliphatic carbocycles. The number of phenolic OH excluding ortho intramolecular Hbond substituents is 2. The topological polar surface area (TPSA) is 107 Å². The number of nitrogens with zero attached hydrogens (tertiary/aromatic N) is 3. The maximum absolute atomic E-state index is 11.3. The Morgan fingerprint density at radius 2 is 1.96 bits per heavy atom. The molecule has 1 amide bonds. The predicted octanol–water partition coefficient (Wildman–Crippen LogP) is 3.24. The van der Waals surface area contributed by atoms with Crippen molar-refractivity contribution >= 4 is 17.3 Å². The van der Waals surface area contributed by atoms with E-state index in [0.29, 0.717) is 17.7 Å². The van der Waals surface area contributed by atoms with Crippen LogP contribution in [0.25, 0.3) is 0 Å². The Morgan fingerprint density at radius 1 is 1.20 bits per heavy atom. The van der Waals surface area contributed by atoms with Gasteiger partial charge in [0.05, 0.1) is 17.9 Å². The normalized spacial score (nSPS) is 17.4. The summed E-state index contributed by atoms with van der Waals surface area (Å²) in [6.45, 7) is 2.13. The van der Waals surface area contributed by atoms with Crippen LogP contribution in [0, 0.1) is 5.92 Å². The third-order valence-corrected chi connectivity index (χ3v) is 3.95. The molecule has 7 nitrogen and oxygen atoms in total. The Bertz CT molecular complexity index is 844. The molecular formula is C18H18N4O3. The highest BCUT2D eigenvalue weighted by atomic mass is 16.3. The molecule has 1 unspecified atom stereocenters. The molecule has 0 fully saturated rings. The van der Waals surface area contributed by atoms with Crippen molar-refractivity contribution in [1.29, 1.82) is 0 Å². The van der Waals surface area contributed by atoms with E-state index in [1.54, 1.807) is 12.1 Å². The Balaban J connectivity index is 1.68. The van der Waals surface area contributed by atoms with Gasteiger partial charge in [-0.05, 0) is 23.8 Å². The van der Waals surface area contributed by atoms with Gasteiger partial charge in [-0.2, -0.15) is 15.3 Å². The van der Waals surface area contributed by atoms with Crippen LogP contribution in [0.4, 0.5) is 5.69 Å². The van der Waals surface area contributed by atoms with Crippen molar-refractivity contribution in [2.45, 2.75) is 19.9 Å². The Morgan fingerprint density at radius 3 is 2.68 bits per heavy atom. The number of nitrogens with one attached hydrogen (secondary N) is 1. The fourth-order valence-electron chi connectivity index (χ4n) is 2.60. The number of hydrogen-bond acceptors (Lipinski definition) is 6. The first-order chi connectivity index (χ1) is 12.0. The quantitative estimate of drug-likeness (QED) is 0.588. The van der Waals surface area contributed by atoms with Gasteiger partial charge in [-0.25, -0.2) is 5.43 Å². The van der Waals surface area contributed by atoms with Gasteiger partial charge in [0.15, 0.2) is 11.5 Å². The highest BCUT2D eigenvalue weighted by Gasteiger charge is 2.21. The van der Waals surface area contributed by atoms with Gasteiger partial charge in [0, 0.05) is 17.9 Å². The first kappa shape index (κ1) is 16.6. The lowest BCUT2D eigenvalue weighted by atomic mass is 9.94. The van der Waals surface area contributed by atoms with E-state index in [4.69, 9.17) is 0 Å². The molecule has 2 aromatic carbocycles. The number of phenols is 2. The zero-order valence-electron chi connectivity index (χ0n) is 13.7. The van der Waals surface area contributed by atoms with E-state index < -0.39 is 0 Å². The average Bonchev–Trinajstić information content (AvgIpc) is 2.59. The molecule has 1 aliphatic rings. The minimum absolute atomic E-state index is 0.0648. The van der Waals surface area contributed by atoms with Crippen LogP contribution in [-0.2, 0) is 11.3 Å². The number of hydrazone groups is 1. The second-order valence-corrected chi connectivity index (χ2v) is 5.87. The lowest BCUT2D eigenvalue weighted by Crippen LogP contribution is -2.31. The van der Waals surface area contributed by atoms with E-state index in [1.807, 2.05) is 31.2 Å². The first-order valence-corrected chi connectivity index (χ1v) is 7.89. The molecule has 25 heavy (non-hydrogen) atoms. The van der Waals surface area contributed by atoms with Crippen molar-refractivity contribution in [3.05, 3.63) is 53.6 Å². The summed E-state index contributed by atoms with van der Waals surface area (Å²) in [4.78, 5) is 11.3. The molecule has 0 radical (unpaired) electrons. The van der Waals surface area contributed by atoms with Crippen LogP contribution in [0.2, 0.25) is 0 Å². The molecule has 2 aromatic rings. The van der Waals surface area contributed by atoms with Crippen molar-refractivity contribution in [3.63, 3.8) is 0 Å². The highest BCUT2D eigenvalue weighted by molar-refractivity contribution is 6.05. The molecule has 1 heterocycles. The fourth-order valence-corrected chi connectivity index (χ4v) is 2.60. The largest absolute Gasteiger partial charge is 0.504 e. The van der Waals surface area contributed by atoms with Gasteiger partial charge in [-0.1, -0.05) is 31.2 Å². The molecule has 1 aliphatic heterocycles. The highest BCUT2D eigenvalue weighted by Crippen LogP contribution is 2.29. The number of aromatic hydroxyl groups is 2. The van der Waals surface area contributed by atoms with E-state index in [1.165, 1.54) is 6.07 Å². The lowest BCUT2D eigenvalue weighted by Gasteiger charge is -2.19. The van der Waals surface area contributed by atoms with E-state index >= 15 is 0 Å². The van der Waals surface area contributed by atoms with Gasteiger partial charge in [0.1, 0.15) is 0 Å². The van der Waals surface area contributed by atoms with Gasteiger partial charge < -0.3 is 10.2 Å². The summed E-state index contributed by atoms with van der Waals surface area (Å²) in [7, 11) is 0. The van der Waals surface area contributed by atoms with Crippen LogP contribution in [-0.4, -0.2) is 21.8 Å². The fraction of sp³-hybridized carbons (Fsp3) is 0.222. The molecule has 0 aromatic heterocycles. The van der Waals surface area contributed by atoms with Crippen LogP contribution in [0.1, 0.15) is 24.5 Å². The monoisotopic (exact) mass is 338 g/mol. The SMILES string of the molecule is CC1CC(=O)NN=C1c1ccc(N=NCc2cccc(O)c2O)cc1. The van der Waals surface area contributed by atoms with E-state index in [9.17, 15) is 15.0 Å². The minimum atomic E-state index is -0.178. The van der Waals surface area contributed by atoms with Crippen LogP contribution in [0.3, 0.4) is 0 Å². The number of para-hydroxylation sites is 1. The third-order valence-electron chi connectivity index (χ3n) is 3.95. The number of amides is 1. The zero-order chi connectivity index (χ0) is 17.8. The second-order valence-electron chi connectivity index (χ2n) is 5.87. The Kier molecular flexibility index (Phi) is 4.74. The van der Waals surface area contributed by atoms with Crippen molar-refractivity contribution in [2.75, 3.05) is 0 Å². The van der Waals surface area contributed by atoms with Gasteiger partial charge in [0.25, 0.3) is 0 Å². The van der Waals surface area contributed by atoms with Gasteiger partial charge in [-0.3, -0.25) is 4.79 Å². The summed E-state index contributed by atoms with van der Waals surface area (Å²) >= 11 is 0. The zero-order valence-corrected chi connectivity index (χ0v) is 13.7. The van der Waals surface area contributed by atoms with Crippen molar-refractivity contribution in [1.82, 2.24) is 5.43 Å². The summed E-state index contributed by atoms with van der Waals surface area (Å²) in [6.07, 6.45) is 0.424. The summed E-state index contributed by atoms with van der Waals surface area (Å²) in [5.74, 6) is -0.360. The third kappa shape index (κ3) is 3.82. The van der Waals surface area contributed by atoms with Gasteiger partial charge in [-0.15, -0.1) is 0 Å². The van der Waals surface area contributed by atoms with Gasteiger partial charge in [0.2, 0.25) is 5.91 Å². The number of carbonyl (C=O) groups excluding carboxylic acids is 1. The maximum atomic E-state index is 11.3. The molecule has 1 atom stereocenters. The van der Waals surface area contributed by atoms with Gasteiger partial charge >= 0.3 is 0 Å². The second kappa shape index (κ2) is 7.12. The molecule has 3 N–H and O–H groups in total. The van der Waals surface area contributed by atoms with Crippen LogP contribution in [0.5, 0.6) is 11.5 Å². The minimum Gasteiger partial charge on any atom is -0.504 e. The van der Waals surface area contributed by atoms with E-state index in [0.717, 1.165) is 11.3 Å². The summed E-state index contributed by atoms with van der Waals surface area (Å²) in [6, 6.07) is 12.1. The smallest absolute Gasteiger partial charge is 0.240 e. The molecule has 0 bridgehead atoms. The number of hydrogen-bond donors (Lipinski definition) is 3. The summed E-state index contributed by atoms with van der Waals surface area (Å²) in [5.41, 5.74) is 5.43. The molecule has 128 valence electrons. The molecule has 3 rings (SSSR count). The molecule has 0 saturated heterocycles. The maximum Gasteiger partial charge on any atom is 0.240 e. The van der Waals surface area contributed by atoms with Crippen LogP contribution in [0.15, 0.2) is 57.8 Å². The number of benzene rings is 2. The lowest BCUT2D eigenvalue weighted by molar-refractivity contribution is -0.121. The van der Waals surface area contributed by atoms with Crippen LogP contribution < -0.4 is 5.43 Å². The molecular weight excluding hydrogens is 320 g/mol. The average molecular weight is 338 g/mol. The first-order valence-electron chi connectivity index (χ1n) is 7.89. The standard InChI is InChI=1S/C18H18N4O3/c1-11-9-16(24)21-22-17(11)12-5-7-14(8-6-12)20-19-10-13-3-2-4-15(23)18(13)25/h2-8,11,23,25H,9-10H2,1H3,(H,21,24). The van der Waals surface area contributed by atoms with Crippen molar-refractivity contribution in [2.24, 2.45) is 21.2 Å². The number of carbonyl (C=O) groups is 1. The van der Waals surface area contributed by atoms with Crippen LogP contribution >= 0.6 is 0 Å². The Labute approximate surface area is 144 Å². The predicted molar refractivity (Wildman–Crippen MR) is 92.9 cm³/mol. The van der Waals surface area contributed by atoms with Crippen molar-refractivity contribution < 1.29 is 15.0 Å². The summed E-state index contributed by atoms with van der Waals surface area (Å²) < 4.78 is 0. The number of azo groups is 1. The molecule has 0 saturated carbocycles. The molecule has 0 spiro atoms. The Hall–Kier alpha value is -3.22. The summed E-state index contributed by atoms with van der Waals surface area (Å²) in [5, 5.41) is 31.5.